The van der Waals surface area contributed by atoms with Gasteiger partial charge in [-0.2, -0.15) is 0 Å². The highest BCUT2D eigenvalue weighted by Gasteiger charge is 2.21. The van der Waals surface area contributed by atoms with Crippen LogP contribution in [0.25, 0.3) is 10.9 Å². The molecule has 0 aliphatic carbocycles. The van der Waals surface area contributed by atoms with Crippen molar-refractivity contribution in [2.45, 2.75) is 71.4 Å². The van der Waals surface area contributed by atoms with Gasteiger partial charge in [0.25, 0.3) is 0 Å². The van der Waals surface area contributed by atoms with Crippen LogP contribution in [0.1, 0.15) is 63.6 Å². The minimum atomic E-state index is -0.431. The first-order valence-corrected chi connectivity index (χ1v) is 14.0. The first-order valence-electron chi connectivity index (χ1n) is 14.0. The Hall–Kier alpha value is -2.67. The number of hydrogen-bond acceptors (Lipinski definition) is 4. The Bertz CT molecular complexity index is 1120. The lowest BCUT2D eigenvalue weighted by molar-refractivity contribution is -0.133. The lowest BCUT2D eigenvalue weighted by Crippen LogP contribution is -2.44. The minimum Gasteiger partial charge on any atom is -0.392 e. The van der Waals surface area contributed by atoms with E-state index in [1.807, 2.05) is 11.0 Å². The largest absolute Gasteiger partial charge is 0.392 e. The molecule has 0 radical (unpaired) electrons. The van der Waals surface area contributed by atoms with Gasteiger partial charge in [0.05, 0.1) is 12.6 Å². The van der Waals surface area contributed by atoms with Gasteiger partial charge in [0, 0.05) is 57.0 Å². The van der Waals surface area contributed by atoms with Gasteiger partial charge in [-0.25, -0.2) is 0 Å². The van der Waals surface area contributed by atoms with Crippen LogP contribution in [0.5, 0.6) is 0 Å². The second kappa shape index (κ2) is 14.5. The monoisotopic (exact) mass is 521 g/mol. The summed E-state index contributed by atoms with van der Waals surface area (Å²) in [6.07, 6.45) is 4.88. The van der Waals surface area contributed by atoms with E-state index >= 15 is 0 Å². The van der Waals surface area contributed by atoms with Crippen LogP contribution in [0.4, 0.5) is 0 Å². The van der Waals surface area contributed by atoms with E-state index < -0.39 is 6.10 Å². The maximum Gasteiger partial charge on any atom is 0.237 e. The molecule has 2 aromatic carbocycles. The molecule has 0 saturated carbocycles. The fraction of sp³-hybridized carbons (Fsp3) is 0.531. The first kappa shape index (κ1) is 29.9. The molecule has 1 atom stereocenters. The molecule has 1 heterocycles. The van der Waals surface area contributed by atoms with Crippen molar-refractivity contribution in [3.8, 4) is 0 Å². The molecule has 3 aromatic rings. The minimum absolute atomic E-state index is 0.0887. The van der Waals surface area contributed by atoms with E-state index in [1.165, 1.54) is 16.5 Å². The molecular weight excluding hydrogens is 474 g/mol. The van der Waals surface area contributed by atoms with Gasteiger partial charge in [0.1, 0.15) is 0 Å². The number of amides is 1. The number of nitrogens with zero attached hydrogens (tertiary/aromatic N) is 2. The Kier molecular flexibility index (Phi) is 11.4. The molecule has 3 rings (SSSR count). The zero-order valence-electron chi connectivity index (χ0n) is 24.0. The van der Waals surface area contributed by atoms with Crippen molar-refractivity contribution in [3.05, 3.63) is 71.4 Å². The van der Waals surface area contributed by atoms with E-state index in [4.69, 9.17) is 4.74 Å². The number of hydrogen-bond donors (Lipinski definition) is 2. The highest BCUT2D eigenvalue weighted by atomic mass is 16.5. The number of aliphatic hydroxyl groups excluding tert-OH is 1. The first-order chi connectivity index (χ1) is 18.2. The Balaban J connectivity index is 1.77. The van der Waals surface area contributed by atoms with Crippen LogP contribution < -0.4 is 0 Å². The summed E-state index contributed by atoms with van der Waals surface area (Å²) in [4.78, 5) is 21.2. The molecule has 2 N–H and O–H groups in total. The summed E-state index contributed by atoms with van der Waals surface area (Å²) < 4.78 is 5.24. The number of rotatable bonds is 15. The van der Waals surface area contributed by atoms with Crippen LogP contribution in [0.2, 0.25) is 0 Å². The number of aromatic amines is 1. The highest BCUT2D eigenvalue weighted by Crippen LogP contribution is 2.23. The van der Waals surface area contributed by atoms with Gasteiger partial charge in [-0.3, -0.25) is 9.69 Å². The summed E-state index contributed by atoms with van der Waals surface area (Å²) in [5, 5.41) is 11.7. The van der Waals surface area contributed by atoms with Crippen LogP contribution in [-0.2, 0) is 27.9 Å². The number of methoxy groups -OCH3 is 1. The van der Waals surface area contributed by atoms with Crippen molar-refractivity contribution in [3.63, 3.8) is 0 Å². The third kappa shape index (κ3) is 8.97. The van der Waals surface area contributed by atoms with E-state index in [9.17, 15) is 9.90 Å². The number of aliphatic hydroxyl groups is 1. The van der Waals surface area contributed by atoms with Gasteiger partial charge < -0.3 is 19.7 Å². The van der Waals surface area contributed by atoms with Gasteiger partial charge in [-0.1, -0.05) is 76.6 Å². The van der Waals surface area contributed by atoms with Gasteiger partial charge >= 0.3 is 0 Å². The van der Waals surface area contributed by atoms with Crippen molar-refractivity contribution in [1.82, 2.24) is 14.8 Å². The van der Waals surface area contributed by atoms with Gasteiger partial charge in [-0.05, 0) is 47.4 Å². The van der Waals surface area contributed by atoms with Crippen molar-refractivity contribution in [2.75, 3.05) is 39.9 Å². The predicted molar refractivity (Wildman–Crippen MR) is 156 cm³/mol. The molecule has 0 spiro atoms. The maximum atomic E-state index is 13.7. The van der Waals surface area contributed by atoms with Crippen LogP contribution in [0.3, 0.4) is 0 Å². The fourth-order valence-corrected chi connectivity index (χ4v) is 4.90. The Morgan fingerprint density at radius 2 is 1.82 bits per heavy atom. The number of carbonyl (C=O) groups is 1. The lowest BCUT2D eigenvalue weighted by atomic mass is 9.87. The number of nitrogens with one attached hydrogen (secondary N) is 1. The molecule has 6 nitrogen and oxygen atoms in total. The molecule has 208 valence electrons. The van der Waals surface area contributed by atoms with Crippen molar-refractivity contribution in [1.29, 1.82) is 0 Å². The quantitative estimate of drug-likeness (QED) is 0.258. The Morgan fingerprint density at radius 1 is 1.08 bits per heavy atom. The summed E-state index contributed by atoms with van der Waals surface area (Å²) >= 11 is 0. The molecule has 1 aromatic heterocycles. The van der Waals surface area contributed by atoms with Crippen molar-refractivity contribution < 1.29 is 14.6 Å². The lowest BCUT2D eigenvalue weighted by Gasteiger charge is -2.29. The second-order valence-corrected chi connectivity index (χ2v) is 11.4. The summed E-state index contributed by atoms with van der Waals surface area (Å²) in [7, 11) is 1.69. The number of ether oxygens (including phenoxy) is 1. The molecule has 0 aliphatic rings. The molecule has 0 bridgehead atoms. The maximum absolute atomic E-state index is 13.7. The molecule has 0 saturated heterocycles. The third-order valence-corrected chi connectivity index (χ3v) is 7.14. The zero-order chi connectivity index (χ0) is 27.5. The Morgan fingerprint density at radius 3 is 2.50 bits per heavy atom. The summed E-state index contributed by atoms with van der Waals surface area (Å²) in [6.45, 7) is 12.0. The number of benzene rings is 2. The molecule has 0 fully saturated rings. The van der Waals surface area contributed by atoms with Crippen LogP contribution in [0.15, 0.2) is 54.7 Å². The SMILES string of the molecule is CCCC(O)CN(CCCOC)CC(=O)N(CCc1c[nH]c2ccccc12)Cc1ccc(C(C)(C)C)cc1. The third-order valence-electron chi connectivity index (χ3n) is 7.14. The number of carbonyl (C=O) groups excluding carboxylic acids is 1. The van der Waals surface area contributed by atoms with Gasteiger partial charge in [0.15, 0.2) is 0 Å². The van der Waals surface area contributed by atoms with E-state index in [2.05, 4.69) is 86.2 Å². The highest BCUT2D eigenvalue weighted by molar-refractivity contribution is 5.83. The van der Waals surface area contributed by atoms with Gasteiger partial charge in [0.2, 0.25) is 5.91 Å². The molecule has 0 aliphatic heterocycles. The van der Waals surface area contributed by atoms with E-state index in [1.54, 1.807) is 7.11 Å². The summed E-state index contributed by atoms with van der Waals surface area (Å²) in [5.41, 5.74) is 4.84. The normalized spacial score (nSPS) is 12.8. The number of fused-ring (bicyclic) bond motifs is 1. The van der Waals surface area contributed by atoms with Crippen LogP contribution in [0, 0.1) is 0 Å². The summed E-state index contributed by atoms with van der Waals surface area (Å²) in [5.74, 6) is 0.0888. The number of aromatic nitrogens is 1. The van der Waals surface area contributed by atoms with Crippen molar-refractivity contribution >= 4 is 16.8 Å². The smallest absolute Gasteiger partial charge is 0.237 e. The molecular formula is C32H47N3O3. The fourth-order valence-electron chi connectivity index (χ4n) is 4.90. The molecule has 1 amide bonds. The number of H-pyrrole nitrogens is 1. The average Bonchev–Trinajstić information content (AvgIpc) is 3.29. The molecule has 1 unspecified atom stereocenters. The standard InChI is InChI=1S/C32H47N3O3/c1-6-10-28(36)23-34(18-9-20-38-5)24-31(37)35(22-25-13-15-27(16-14-25)32(2,3)4)19-17-26-21-33-30-12-8-7-11-29(26)30/h7-8,11-16,21,28,33,36H,6,9-10,17-20,22-24H2,1-5H3. The van der Waals surface area contributed by atoms with Crippen LogP contribution in [-0.4, -0.2) is 71.8 Å². The van der Waals surface area contributed by atoms with E-state index in [-0.39, 0.29) is 11.3 Å². The zero-order valence-corrected chi connectivity index (χ0v) is 24.0. The second-order valence-electron chi connectivity index (χ2n) is 11.4. The molecule has 6 heteroatoms. The summed E-state index contributed by atoms with van der Waals surface area (Å²) in [6, 6.07) is 16.9. The average molecular weight is 522 g/mol. The topological polar surface area (TPSA) is 68.8 Å². The van der Waals surface area contributed by atoms with Crippen molar-refractivity contribution in [2.24, 2.45) is 0 Å². The number of para-hydroxylation sites is 1. The van der Waals surface area contributed by atoms with Crippen LogP contribution >= 0.6 is 0 Å². The van der Waals surface area contributed by atoms with Gasteiger partial charge in [-0.15, -0.1) is 0 Å². The van der Waals surface area contributed by atoms with E-state index in [0.717, 1.165) is 43.3 Å². The van der Waals surface area contributed by atoms with E-state index in [0.29, 0.717) is 32.8 Å². The Labute approximate surface area is 229 Å². The molecule has 38 heavy (non-hydrogen) atoms. The predicted octanol–water partition coefficient (Wildman–Crippen LogP) is 5.54.